The van der Waals surface area contributed by atoms with Crippen molar-refractivity contribution in [2.24, 2.45) is 11.8 Å². The number of rotatable bonds is 27. The Kier molecular flexibility index (Phi) is 24.8. The van der Waals surface area contributed by atoms with Crippen LogP contribution in [-0.4, -0.2) is 95.8 Å². The van der Waals surface area contributed by atoms with Crippen LogP contribution in [0.2, 0.25) is 54.4 Å². The maximum atomic E-state index is 14.2. The minimum absolute atomic E-state index is 0.0253. The summed E-state index contributed by atoms with van der Waals surface area (Å²) in [5, 5.41) is 11.3. The Morgan fingerprint density at radius 2 is 1.46 bits per heavy atom. The number of epoxide rings is 1. The molecule has 2 heterocycles. The van der Waals surface area contributed by atoms with Gasteiger partial charge in [0.25, 0.3) is 5.69 Å². The third-order valence-electron chi connectivity index (χ3n) is 16.2. The number of hydrogen-bond acceptors (Lipinski definition) is 13. The van der Waals surface area contributed by atoms with Gasteiger partial charge in [0.2, 0.25) is 0 Å². The van der Waals surface area contributed by atoms with E-state index in [0.29, 0.717) is 12.8 Å². The molecule has 0 aliphatic carbocycles. The van der Waals surface area contributed by atoms with Crippen LogP contribution in [0.5, 0.6) is 5.75 Å². The van der Waals surface area contributed by atoms with Crippen molar-refractivity contribution in [3.63, 3.8) is 0 Å². The number of benzene rings is 1. The molecule has 17 heteroatoms. The zero-order chi connectivity index (χ0) is 54.1. The lowest BCUT2D eigenvalue weighted by Crippen LogP contribution is -2.47. The highest BCUT2D eigenvalue weighted by atomic mass is 28.4. The summed E-state index contributed by atoms with van der Waals surface area (Å²) in [6, 6.07) is 13.9. The van der Waals surface area contributed by atoms with Crippen molar-refractivity contribution in [2.45, 2.75) is 245 Å². The minimum Gasteiger partial charge on any atom is -0.457 e. The van der Waals surface area contributed by atoms with Crippen molar-refractivity contribution in [2.75, 3.05) is 0 Å². The lowest BCUT2D eigenvalue weighted by Gasteiger charge is -2.39. The average Bonchev–Trinajstić information content (AvgIpc) is 4.12. The summed E-state index contributed by atoms with van der Waals surface area (Å²) in [6.07, 6.45) is 8.36. The summed E-state index contributed by atoms with van der Waals surface area (Å²) in [6.45, 7) is 33.4. The molecule has 1 aromatic carbocycles. The summed E-state index contributed by atoms with van der Waals surface area (Å²) in [7, 11) is -6.21. The zero-order valence-corrected chi connectivity index (χ0v) is 50.0. The van der Waals surface area contributed by atoms with Crippen molar-refractivity contribution < 1.29 is 56.3 Å². The predicted octanol–water partition coefficient (Wildman–Crippen LogP) is 14.4. The molecule has 1 aromatic rings. The second-order valence-electron chi connectivity index (χ2n) is 20.9. The number of cyclic esters (lactones) is 1. The second-order valence-corrected chi connectivity index (χ2v) is 35.0. The molecule has 0 radical (unpaired) electrons. The van der Waals surface area contributed by atoms with E-state index < -0.39 is 83.4 Å². The van der Waals surface area contributed by atoms with E-state index in [9.17, 15) is 24.5 Å². The van der Waals surface area contributed by atoms with Crippen LogP contribution in [0.4, 0.5) is 10.5 Å². The van der Waals surface area contributed by atoms with Crippen molar-refractivity contribution in [3.8, 4) is 5.75 Å². The molecule has 0 spiro atoms. The largest absolute Gasteiger partial charge is 0.514 e. The first-order valence-electron chi connectivity index (χ1n) is 27.2. The predicted molar refractivity (Wildman–Crippen MR) is 293 cm³/mol. The van der Waals surface area contributed by atoms with E-state index in [1.165, 1.54) is 31.2 Å². The minimum atomic E-state index is -2.28. The average molecular weight is 1060 g/mol. The molecule has 2 aliphatic heterocycles. The van der Waals surface area contributed by atoms with Gasteiger partial charge in [-0.25, -0.2) is 4.79 Å². The van der Waals surface area contributed by atoms with E-state index in [2.05, 4.69) is 89.2 Å². The molecule has 1 fully saturated rings. The molecule has 3 rings (SSSR count). The SMILES string of the molecule is CC[C@H](O[Si](CC)(CC)CC)[C@@H](C)[C@H]1O[C@@H]1C[C@](C)(/C=C/C=C(\C)C1OC(=O)CC(O[Si](CC)(CC)CC)CCC(C)(OC(C)=O)C(OC(=O)Oc2ccc([N+](=O)[O-])cc2)/C=C/C1C)O[Si](CC)(CC)CC. The van der Waals surface area contributed by atoms with Crippen LogP contribution in [0.15, 0.2) is 60.2 Å². The van der Waals surface area contributed by atoms with Crippen LogP contribution < -0.4 is 4.74 Å². The standard InChI is InChI=1S/C55H93NO13Si3/c1-17-47(68-71(21-5,22-6)23-7)42(13)52-48(63-52)39-54(15,69-72(24-8,25-9)26-10)36-27-28-40(11)51-41(12)29-34-49(64-53(59)62-45-32-30-44(31-33-45)56(60)61)55(16,66-43(14)57)37-35-46(38-50(58)65-51)67-70(18-2,19-3)20-4/h27-34,36,41-42,46-49,51-52H,17-26,35,37-39H2,1-16H3/b34-29+,36-27+,40-28+/t41?,42-,46?,47+,48-,49?,51?,52-,54+,55?/m1/s1. The highest BCUT2D eigenvalue weighted by Crippen LogP contribution is 2.43. The van der Waals surface area contributed by atoms with Crippen molar-refractivity contribution >= 4 is 48.7 Å². The number of esters is 2. The fourth-order valence-electron chi connectivity index (χ4n) is 10.6. The summed E-state index contributed by atoms with van der Waals surface area (Å²) in [5.74, 6) is -1.17. The van der Waals surface area contributed by atoms with E-state index in [0.717, 1.165) is 66.4 Å². The molecular weight excluding hydrogens is 967 g/mol. The van der Waals surface area contributed by atoms with Gasteiger partial charge in [-0.2, -0.15) is 0 Å². The van der Waals surface area contributed by atoms with E-state index in [1.54, 1.807) is 19.1 Å². The van der Waals surface area contributed by atoms with Gasteiger partial charge in [0.1, 0.15) is 17.5 Å². The number of ether oxygens (including phenoxy) is 5. The van der Waals surface area contributed by atoms with Gasteiger partial charge in [-0.3, -0.25) is 19.7 Å². The van der Waals surface area contributed by atoms with Gasteiger partial charge in [0.05, 0.1) is 35.3 Å². The lowest BCUT2D eigenvalue weighted by molar-refractivity contribution is -0.384. The van der Waals surface area contributed by atoms with Crippen LogP contribution >= 0.6 is 0 Å². The lowest BCUT2D eigenvalue weighted by atomic mass is 9.88. The highest BCUT2D eigenvalue weighted by molar-refractivity contribution is 6.74. The van der Waals surface area contributed by atoms with Crippen molar-refractivity contribution in [1.29, 1.82) is 0 Å². The number of nitro groups is 1. The van der Waals surface area contributed by atoms with Crippen molar-refractivity contribution in [3.05, 3.63) is 70.3 Å². The fourth-order valence-corrected chi connectivity index (χ4v) is 19.6. The molecular formula is C55H93NO13Si3. The molecule has 0 N–H and O–H groups in total. The fraction of sp³-hybridized carbons (Fsp3) is 0.727. The summed E-state index contributed by atoms with van der Waals surface area (Å²) < 4.78 is 51.8. The molecule has 0 amide bonds. The third-order valence-corrected chi connectivity index (χ3v) is 30.3. The summed E-state index contributed by atoms with van der Waals surface area (Å²) in [5.41, 5.74) is -1.44. The zero-order valence-electron chi connectivity index (χ0n) is 47.0. The Labute approximate surface area is 436 Å². The van der Waals surface area contributed by atoms with Crippen LogP contribution in [-0.2, 0) is 41.8 Å². The third kappa shape index (κ3) is 17.6. The topological polar surface area (TPSA) is 171 Å². The summed E-state index contributed by atoms with van der Waals surface area (Å²) >= 11 is 0. The van der Waals surface area contributed by atoms with Crippen LogP contribution in [0.3, 0.4) is 0 Å². The first-order chi connectivity index (χ1) is 34.0. The molecule has 5 unspecified atom stereocenters. The van der Waals surface area contributed by atoms with Crippen LogP contribution in [0.1, 0.15) is 143 Å². The number of allylic oxidation sites excluding steroid dienone is 2. The van der Waals surface area contributed by atoms with E-state index in [4.69, 9.17) is 37.0 Å². The Hall–Kier alpha value is -3.46. The monoisotopic (exact) mass is 1060 g/mol. The Balaban J connectivity index is 2.09. The quantitative estimate of drug-likeness (QED) is 0.00939. The first-order valence-corrected chi connectivity index (χ1v) is 34.8. The van der Waals surface area contributed by atoms with Gasteiger partial charge in [-0.15, -0.1) is 0 Å². The number of nitro benzene ring substituents is 1. The normalized spacial score (nSPS) is 25.8. The van der Waals surface area contributed by atoms with Gasteiger partial charge in [-0.1, -0.05) is 107 Å². The maximum Gasteiger partial charge on any atom is 0.514 e. The van der Waals surface area contributed by atoms with Crippen molar-refractivity contribution in [1.82, 2.24) is 0 Å². The molecule has 0 bridgehead atoms. The molecule has 10 atom stereocenters. The van der Waals surface area contributed by atoms with Gasteiger partial charge in [-0.05, 0) is 118 Å². The molecule has 1 saturated heterocycles. The highest BCUT2D eigenvalue weighted by Gasteiger charge is 2.51. The van der Waals surface area contributed by atoms with Gasteiger partial charge >= 0.3 is 18.1 Å². The molecule has 2 aliphatic rings. The Bertz CT molecular complexity index is 1960. The van der Waals surface area contributed by atoms with Gasteiger partial charge in [0.15, 0.2) is 31.1 Å². The Morgan fingerprint density at radius 1 is 0.889 bits per heavy atom. The summed E-state index contributed by atoms with van der Waals surface area (Å²) in [4.78, 5) is 51.3. The molecule has 72 heavy (non-hydrogen) atoms. The first kappa shape index (κ1) is 62.8. The Morgan fingerprint density at radius 3 is 1.97 bits per heavy atom. The molecule has 408 valence electrons. The number of carbonyl (C=O) groups excluding carboxylic acids is 3. The van der Waals surface area contributed by atoms with Gasteiger partial charge in [0, 0.05) is 43.4 Å². The number of non-ortho nitro benzene ring substituents is 1. The van der Waals surface area contributed by atoms with E-state index in [-0.39, 0.29) is 48.5 Å². The molecule has 0 saturated carbocycles. The van der Waals surface area contributed by atoms with E-state index >= 15 is 0 Å². The second kappa shape index (κ2) is 28.4. The smallest absolute Gasteiger partial charge is 0.457 e. The van der Waals surface area contributed by atoms with Crippen LogP contribution in [0.25, 0.3) is 0 Å². The van der Waals surface area contributed by atoms with E-state index in [1.807, 2.05) is 26.0 Å². The number of hydrogen-bond donors (Lipinski definition) is 0. The van der Waals surface area contributed by atoms with Gasteiger partial charge < -0.3 is 37.0 Å². The number of nitrogens with zero attached hydrogens (tertiary/aromatic N) is 1. The van der Waals surface area contributed by atoms with Crippen LogP contribution in [0, 0.1) is 22.0 Å². The maximum absolute atomic E-state index is 14.2. The number of carbonyl (C=O) groups is 3. The molecule has 0 aromatic heterocycles. The molecule has 14 nitrogen and oxygen atoms in total.